The highest BCUT2D eigenvalue weighted by atomic mass is 35.5. The Labute approximate surface area is 99.2 Å². The number of hydrogen-bond acceptors (Lipinski definition) is 4. The number of nitrogens with two attached hydrogens (primary N) is 1. The lowest BCUT2D eigenvalue weighted by molar-refractivity contribution is 0.726. The van der Waals surface area contributed by atoms with Crippen LogP contribution in [-0.4, -0.2) is 18.1 Å². The lowest BCUT2D eigenvalue weighted by atomic mass is 10.2. The maximum Gasteiger partial charge on any atom is 0.187 e. The topological polar surface area (TPSA) is 42.1 Å². The summed E-state index contributed by atoms with van der Waals surface area (Å²) in [5.41, 5.74) is 5.59. The Balaban J connectivity index is 2.12. The maximum atomic E-state index is 6.00. The van der Waals surface area contributed by atoms with Gasteiger partial charge in [0.25, 0.3) is 0 Å². The van der Waals surface area contributed by atoms with E-state index in [1.54, 1.807) is 11.3 Å². The zero-order chi connectivity index (χ0) is 10.7. The van der Waals surface area contributed by atoms with E-state index in [0.29, 0.717) is 11.7 Å². The highest BCUT2D eigenvalue weighted by Crippen LogP contribution is 2.30. The van der Waals surface area contributed by atoms with Crippen molar-refractivity contribution in [2.75, 3.05) is 18.0 Å². The third kappa shape index (κ3) is 2.62. The zero-order valence-electron chi connectivity index (χ0n) is 8.71. The van der Waals surface area contributed by atoms with Crippen LogP contribution < -0.4 is 10.6 Å². The standard InChI is InChI=1S/C10H16ClN3S/c11-9-8(7-12)15-10(13-9)14-5-3-1-2-4-6-14/h1-7,12H2. The second-order valence-electron chi connectivity index (χ2n) is 3.82. The van der Waals surface area contributed by atoms with Crippen LogP contribution in [0.4, 0.5) is 5.13 Å². The Kier molecular flexibility index (Phi) is 3.83. The molecule has 84 valence electrons. The van der Waals surface area contributed by atoms with Gasteiger partial charge >= 0.3 is 0 Å². The number of anilines is 1. The molecular weight excluding hydrogens is 230 g/mol. The molecule has 3 nitrogen and oxygen atoms in total. The van der Waals surface area contributed by atoms with Gasteiger partial charge in [-0.15, -0.1) is 0 Å². The average Bonchev–Trinajstić information content (AvgIpc) is 2.48. The Morgan fingerprint density at radius 1 is 1.27 bits per heavy atom. The number of aromatic nitrogens is 1. The largest absolute Gasteiger partial charge is 0.348 e. The zero-order valence-corrected chi connectivity index (χ0v) is 10.3. The molecule has 1 aromatic rings. The maximum absolute atomic E-state index is 6.00. The number of thiazole rings is 1. The first kappa shape index (κ1) is 11.2. The molecule has 15 heavy (non-hydrogen) atoms. The van der Waals surface area contributed by atoms with Gasteiger partial charge in [0.15, 0.2) is 5.13 Å². The number of nitrogens with zero attached hydrogens (tertiary/aromatic N) is 2. The first-order valence-corrected chi connectivity index (χ1v) is 6.61. The molecule has 0 amide bonds. The summed E-state index contributed by atoms with van der Waals surface area (Å²) in [7, 11) is 0. The van der Waals surface area contributed by atoms with E-state index < -0.39 is 0 Å². The first-order chi connectivity index (χ1) is 7.31. The Morgan fingerprint density at radius 2 is 1.93 bits per heavy atom. The smallest absolute Gasteiger partial charge is 0.187 e. The van der Waals surface area contributed by atoms with Crippen molar-refractivity contribution in [1.29, 1.82) is 0 Å². The van der Waals surface area contributed by atoms with E-state index in [1.807, 2.05) is 0 Å². The third-order valence-electron chi connectivity index (χ3n) is 2.70. The monoisotopic (exact) mass is 245 g/mol. The Bertz CT molecular complexity index is 318. The second kappa shape index (κ2) is 5.14. The van der Waals surface area contributed by atoms with Gasteiger partial charge in [0.1, 0.15) is 5.15 Å². The Hall–Kier alpha value is -0.320. The third-order valence-corrected chi connectivity index (χ3v) is 4.26. The molecule has 2 N–H and O–H groups in total. The van der Waals surface area contributed by atoms with Crippen LogP contribution in [0.2, 0.25) is 5.15 Å². The number of rotatable bonds is 2. The molecule has 5 heteroatoms. The molecule has 1 aliphatic rings. The molecule has 1 aliphatic heterocycles. The van der Waals surface area contributed by atoms with Crippen molar-refractivity contribution in [2.24, 2.45) is 5.73 Å². The first-order valence-electron chi connectivity index (χ1n) is 5.41. The number of hydrogen-bond donors (Lipinski definition) is 1. The molecule has 0 spiro atoms. The minimum Gasteiger partial charge on any atom is -0.348 e. The van der Waals surface area contributed by atoms with Gasteiger partial charge in [0.05, 0.1) is 4.88 Å². The summed E-state index contributed by atoms with van der Waals surface area (Å²) < 4.78 is 0. The summed E-state index contributed by atoms with van der Waals surface area (Å²) in [6.07, 6.45) is 5.18. The predicted octanol–water partition coefficient (Wildman–Crippen LogP) is 2.64. The van der Waals surface area contributed by atoms with Crippen LogP contribution in [0.5, 0.6) is 0 Å². The predicted molar refractivity (Wildman–Crippen MR) is 65.7 cm³/mol. The van der Waals surface area contributed by atoms with Crippen LogP contribution in [0, 0.1) is 0 Å². The molecule has 0 aliphatic carbocycles. The van der Waals surface area contributed by atoms with Crippen molar-refractivity contribution in [3.8, 4) is 0 Å². The summed E-state index contributed by atoms with van der Waals surface area (Å²) in [5.74, 6) is 0. The van der Waals surface area contributed by atoms with Crippen molar-refractivity contribution in [1.82, 2.24) is 4.98 Å². The molecule has 0 atom stereocenters. The highest BCUT2D eigenvalue weighted by Gasteiger charge is 2.15. The fourth-order valence-corrected chi connectivity index (χ4v) is 3.05. The van der Waals surface area contributed by atoms with Gasteiger partial charge in [-0.05, 0) is 12.8 Å². The van der Waals surface area contributed by atoms with E-state index in [-0.39, 0.29) is 0 Å². The molecule has 0 aromatic carbocycles. The lowest BCUT2D eigenvalue weighted by Gasteiger charge is -2.18. The van der Waals surface area contributed by atoms with Crippen LogP contribution >= 0.6 is 22.9 Å². The summed E-state index contributed by atoms with van der Waals surface area (Å²) in [6.45, 7) is 2.70. The normalized spacial score (nSPS) is 17.9. The van der Waals surface area contributed by atoms with Crippen LogP contribution in [0.3, 0.4) is 0 Å². The molecule has 2 rings (SSSR count). The van der Waals surface area contributed by atoms with Crippen LogP contribution in [0.1, 0.15) is 30.6 Å². The van der Waals surface area contributed by atoms with Crippen LogP contribution in [0.15, 0.2) is 0 Å². The SMILES string of the molecule is NCc1sc(N2CCCCCC2)nc1Cl. The van der Waals surface area contributed by atoms with E-state index >= 15 is 0 Å². The van der Waals surface area contributed by atoms with Crippen molar-refractivity contribution in [3.63, 3.8) is 0 Å². The van der Waals surface area contributed by atoms with Crippen molar-refractivity contribution < 1.29 is 0 Å². The summed E-state index contributed by atoms with van der Waals surface area (Å²) in [5, 5.41) is 1.63. The summed E-state index contributed by atoms with van der Waals surface area (Å²) in [4.78, 5) is 7.71. The van der Waals surface area contributed by atoms with E-state index in [9.17, 15) is 0 Å². The van der Waals surface area contributed by atoms with Gasteiger partial charge in [-0.1, -0.05) is 35.8 Å². The quantitative estimate of drug-likeness (QED) is 0.871. The minimum atomic E-state index is 0.490. The van der Waals surface area contributed by atoms with Gasteiger partial charge in [0.2, 0.25) is 0 Å². The average molecular weight is 246 g/mol. The van der Waals surface area contributed by atoms with E-state index in [1.165, 1.54) is 25.7 Å². The van der Waals surface area contributed by atoms with Crippen molar-refractivity contribution >= 4 is 28.1 Å². The van der Waals surface area contributed by atoms with Gasteiger partial charge < -0.3 is 10.6 Å². The van der Waals surface area contributed by atoms with E-state index in [0.717, 1.165) is 23.1 Å². The van der Waals surface area contributed by atoms with Crippen molar-refractivity contribution in [3.05, 3.63) is 10.0 Å². The lowest BCUT2D eigenvalue weighted by Crippen LogP contribution is -2.23. The van der Waals surface area contributed by atoms with Crippen LogP contribution in [-0.2, 0) is 6.54 Å². The second-order valence-corrected chi connectivity index (χ2v) is 5.24. The summed E-state index contributed by atoms with van der Waals surface area (Å²) in [6, 6.07) is 0. The van der Waals surface area contributed by atoms with Gasteiger partial charge in [-0.3, -0.25) is 0 Å². The van der Waals surface area contributed by atoms with E-state index in [2.05, 4.69) is 9.88 Å². The van der Waals surface area contributed by atoms with E-state index in [4.69, 9.17) is 17.3 Å². The molecule has 0 bridgehead atoms. The van der Waals surface area contributed by atoms with Gasteiger partial charge in [0, 0.05) is 19.6 Å². The van der Waals surface area contributed by atoms with Gasteiger partial charge in [-0.25, -0.2) is 4.98 Å². The van der Waals surface area contributed by atoms with Gasteiger partial charge in [-0.2, -0.15) is 0 Å². The molecule has 0 radical (unpaired) electrons. The molecule has 0 unspecified atom stereocenters. The fraction of sp³-hybridized carbons (Fsp3) is 0.700. The molecular formula is C10H16ClN3S. The molecule has 1 aromatic heterocycles. The number of halogens is 1. The highest BCUT2D eigenvalue weighted by molar-refractivity contribution is 7.16. The van der Waals surface area contributed by atoms with Crippen molar-refractivity contribution in [2.45, 2.75) is 32.2 Å². The fourth-order valence-electron chi connectivity index (χ4n) is 1.84. The molecule has 1 fully saturated rings. The minimum absolute atomic E-state index is 0.490. The molecule has 0 saturated carbocycles. The Morgan fingerprint density at radius 3 is 2.47 bits per heavy atom. The molecule has 1 saturated heterocycles. The summed E-state index contributed by atoms with van der Waals surface area (Å²) >= 11 is 7.63. The molecule has 2 heterocycles. The van der Waals surface area contributed by atoms with Crippen LogP contribution in [0.25, 0.3) is 0 Å².